The van der Waals surface area contributed by atoms with Gasteiger partial charge in [0, 0.05) is 0 Å². The Morgan fingerprint density at radius 1 is 1.35 bits per heavy atom. The van der Waals surface area contributed by atoms with Crippen LogP contribution in [0.3, 0.4) is 0 Å². The molecule has 0 aromatic rings. The summed E-state index contributed by atoms with van der Waals surface area (Å²) in [7, 11) is 8.32. The van der Waals surface area contributed by atoms with Gasteiger partial charge in [-0.2, -0.15) is 0 Å². The van der Waals surface area contributed by atoms with Crippen LogP contribution >= 0.6 is 0 Å². The molecule has 0 aliphatic carbocycles. The molecule has 1 heterocycles. The van der Waals surface area contributed by atoms with Crippen LogP contribution in [-0.4, -0.2) is 51.1 Å². The number of hydrogen-bond donors (Lipinski definition) is 0. The van der Waals surface area contributed by atoms with E-state index < -0.39 is 0 Å². The van der Waals surface area contributed by atoms with Gasteiger partial charge in [0.05, 0.1) is 26.1 Å². The fourth-order valence-electron chi connectivity index (χ4n) is 2.24. The first-order chi connectivity index (χ1) is 7.62. The zero-order chi connectivity index (χ0) is 13.3. The maximum atomic E-state index is 6.05. The van der Waals surface area contributed by atoms with E-state index >= 15 is 0 Å². The Labute approximate surface area is 108 Å². The summed E-state index contributed by atoms with van der Waals surface area (Å²) >= 11 is 0. The van der Waals surface area contributed by atoms with Crippen molar-refractivity contribution in [3.63, 3.8) is 0 Å². The van der Waals surface area contributed by atoms with Crippen LogP contribution in [0.1, 0.15) is 34.6 Å². The van der Waals surface area contributed by atoms with Gasteiger partial charge in [-0.05, 0) is 25.3 Å². The molecule has 0 spiro atoms. The lowest BCUT2D eigenvalue weighted by Crippen LogP contribution is -2.61. The highest BCUT2D eigenvalue weighted by molar-refractivity contribution is 6.11. The van der Waals surface area contributed by atoms with Crippen LogP contribution in [0.15, 0.2) is 11.6 Å². The first kappa shape index (κ1) is 14.8. The highest BCUT2D eigenvalue weighted by Gasteiger charge is 2.40. The standard InChI is InChI=1S/C14H27BNO/c1-11(2)7-8-16(6)9-12(14(3,4)5)17-13(15)10-16/h7,12-13H,8-10H2,1-6H3/q+1. The third kappa shape index (κ3) is 4.48. The van der Waals surface area contributed by atoms with E-state index in [1.165, 1.54) is 5.57 Å². The largest absolute Gasteiger partial charge is 0.373 e. The second-order valence-electron chi connectivity index (χ2n) is 6.98. The average Bonchev–Trinajstić information content (AvgIpc) is 2.12. The second kappa shape index (κ2) is 5.15. The van der Waals surface area contributed by atoms with E-state index in [0.29, 0.717) is 0 Å². The van der Waals surface area contributed by atoms with Crippen molar-refractivity contribution in [2.45, 2.75) is 46.7 Å². The molecule has 0 N–H and O–H groups in total. The summed E-state index contributed by atoms with van der Waals surface area (Å²) in [6.07, 6.45) is 2.54. The molecule has 1 rings (SSSR count). The van der Waals surface area contributed by atoms with Crippen LogP contribution in [-0.2, 0) is 4.74 Å². The molecule has 1 fully saturated rings. The highest BCUT2D eigenvalue weighted by atomic mass is 16.5. The highest BCUT2D eigenvalue weighted by Crippen LogP contribution is 2.29. The van der Waals surface area contributed by atoms with Gasteiger partial charge in [0.2, 0.25) is 0 Å². The zero-order valence-electron chi connectivity index (χ0n) is 12.3. The monoisotopic (exact) mass is 236 g/mol. The number of likely N-dealkylation sites (N-methyl/N-ethyl adjacent to an activating group) is 1. The molecule has 0 amide bonds. The normalized spacial score (nSPS) is 34.5. The summed E-state index contributed by atoms with van der Waals surface area (Å²) in [5, 5.41) is 0. The van der Waals surface area contributed by atoms with Gasteiger partial charge in [-0.15, -0.1) is 0 Å². The number of nitrogens with zero attached hydrogens (tertiary/aromatic N) is 1. The Morgan fingerprint density at radius 2 is 1.94 bits per heavy atom. The van der Waals surface area contributed by atoms with Crippen molar-refractivity contribution in [3.05, 3.63) is 11.6 Å². The lowest BCUT2D eigenvalue weighted by molar-refractivity contribution is -0.917. The third-order valence-electron chi connectivity index (χ3n) is 3.47. The molecule has 17 heavy (non-hydrogen) atoms. The summed E-state index contributed by atoms with van der Waals surface area (Å²) < 4.78 is 6.87. The lowest BCUT2D eigenvalue weighted by Gasteiger charge is -2.47. The molecule has 96 valence electrons. The third-order valence-corrected chi connectivity index (χ3v) is 3.47. The van der Waals surface area contributed by atoms with Crippen LogP contribution in [0.5, 0.6) is 0 Å². The predicted octanol–water partition coefficient (Wildman–Crippen LogP) is 2.34. The molecule has 0 aromatic carbocycles. The van der Waals surface area contributed by atoms with Crippen LogP contribution in [0.4, 0.5) is 0 Å². The van der Waals surface area contributed by atoms with Crippen LogP contribution in [0.25, 0.3) is 0 Å². The molecular formula is C14H27BNO+. The van der Waals surface area contributed by atoms with Gasteiger partial charge >= 0.3 is 0 Å². The Balaban J connectivity index is 2.76. The SMILES string of the molecule is [B]C1C[N+](C)(CC=C(C)C)CC(C(C)(C)C)O1. The maximum Gasteiger partial charge on any atom is 0.116 e. The van der Waals surface area contributed by atoms with Crippen molar-refractivity contribution in [1.29, 1.82) is 0 Å². The molecule has 2 radical (unpaired) electrons. The summed E-state index contributed by atoms with van der Waals surface area (Å²) in [6, 6.07) is -0.136. The van der Waals surface area contributed by atoms with Crippen LogP contribution in [0, 0.1) is 5.41 Å². The topological polar surface area (TPSA) is 9.23 Å². The van der Waals surface area contributed by atoms with Crippen LogP contribution in [0.2, 0.25) is 0 Å². The molecule has 3 unspecified atom stereocenters. The van der Waals surface area contributed by atoms with Crippen molar-refractivity contribution in [3.8, 4) is 0 Å². The average molecular weight is 236 g/mol. The van der Waals surface area contributed by atoms with Crippen molar-refractivity contribution >= 4 is 7.85 Å². The van der Waals surface area contributed by atoms with E-state index in [-0.39, 0.29) is 17.5 Å². The fraction of sp³-hybridized carbons (Fsp3) is 0.857. The molecule has 0 aromatic heterocycles. The minimum atomic E-state index is -0.136. The number of hydrogen-bond acceptors (Lipinski definition) is 1. The van der Waals surface area contributed by atoms with Crippen molar-refractivity contribution in [1.82, 2.24) is 0 Å². The van der Waals surface area contributed by atoms with Crippen LogP contribution < -0.4 is 0 Å². The number of rotatable bonds is 2. The van der Waals surface area contributed by atoms with Gasteiger partial charge in [0.1, 0.15) is 20.5 Å². The Hall–Kier alpha value is -0.275. The van der Waals surface area contributed by atoms with Gasteiger partial charge in [0.15, 0.2) is 0 Å². The van der Waals surface area contributed by atoms with Crippen molar-refractivity contribution in [2.75, 3.05) is 26.7 Å². The summed E-state index contributed by atoms with van der Waals surface area (Å²) in [4.78, 5) is 0. The minimum Gasteiger partial charge on any atom is -0.373 e. The Kier molecular flexibility index (Phi) is 4.48. The van der Waals surface area contributed by atoms with Crippen molar-refractivity contribution < 1.29 is 9.22 Å². The molecule has 0 saturated carbocycles. The zero-order valence-corrected chi connectivity index (χ0v) is 12.3. The number of quaternary nitrogens is 1. The Bertz CT molecular complexity index is 291. The predicted molar refractivity (Wildman–Crippen MR) is 74.1 cm³/mol. The van der Waals surface area contributed by atoms with E-state index in [9.17, 15) is 0 Å². The first-order valence-corrected chi connectivity index (χ1v) is 6.50. The number of allylic oxidation sites excluding steroid dienone is 1. The quantitative estimate of drug-likeness (QED) is 0.406. The van der Waals surface area contributed by atoms with E-state index in [2.05, 4.69) is 47.7 Å². The minimum absolute atomic E-state index is 0.136. The number of morpholine rings is 1. The Morgan fingerprint density at radius 3 is 2.41 bits per heavy atom. The van der Waals surface area contributed by atoms with Gasteiger partial charge in [0.25, 0.3) is 0 Å². The second-order valence-corrected chi connectivity index (χ2v) is 6.98. The molecule has 1 aliphatic rings. The molecule has 0 bridgehead atoms. The lowest BCUT2D eigenvalue weighted by atomic mass is 9.85. The smallest absolute Gasteiger partial charge is 0.116 e. The van der Waals surface area contributed by atoms with Gasteiger partial charge in [-0.1, -0.05) is 26.3 Å². The molecule has 1 aliphatic heterocycles. The summed E-state index contributed by atoms with van der Waals surface area (Å²) in [5.74, 6) is 0. The maximum absolute atomic E-state index is 6.05. The van der Waals surface area contributed by atoms with E-state index in [1.807, 2.05) is 0 Å². The van der Waals surface area contributed by atoms with Gasteiger partial charge < -0.3 is 9.22 Å². The molecule has 1 saturated heterocycles. The molecular weight excluding hydrogens is 209 g/mol. The van der Waals surface area contributed by atoms with Gasteiger partial charge in [-0.3, -0.25) is 0 Å². The number of ether oxygens (including phenoxy) is 1. The van der Waals surface area contributed by atoms with E-state index in [1.54, 1.807) is 0 Å². The first-order valence-electron chi connectivity index (χ1n) is 6.50. The van der Waals surface area contributed by atoms with Gasteiger partial charge in [-0.25, -0.2) is 0 Å². The molecule has 3 atom stereocenters. The molecule has 2 nitrogen and oxygen atoms in total. The van der Waals surface area contributed by atoms with Crippen molar-refractivity contribution in [2.24, 2.45) is 5.41 Å². The molecule has 3 heteroatoms. The summed E-state index contributed by atoms with van der Waals surface area (Å²) in [5.41, 5.74) is 1.53. The van der Waals surface area contributed by atoms with E-state index in [4.69, 9.17) is 12.6 Å². The summed E-state index contributed by atoms with van der Waals surface area (Å²) in [6.45, 7) is 14.0. The van der Waals surface area contributed by atoms with E-state index in [0.717, 1.165) is 24.1 Å². The fourth-order valence-corrected chi connectivity index (χ4v) is 2.24.